The number of sulfonamides is 1. The van der Waals surface area contributed by atoms with Gasteiger partial charge in [0, 0.05) is 32.7 Å². The molecule has 1 aromatic carbocycles. The summed E-state index contributed by atoms with van der Waals surface area (Å²) < 4.78 is 73.4. The average molecular weight is 517 g/mol. The highest BCUT2D eigenvalue weighted by atomic mass is 32.2. The fourth-order valence-electron chi connectivity index (χ4n) is 3.97. The maximum atomic E-state index is 12.8. The van der Waals surface area contributed by atoms with Crippen LogP contribution in [0.25, 0.3) is 0 Å². The third kappa shape index (κ3) is 7.83. The van der Waals surface area contributed by atoms with Gasteiger partial charge in [0.05, 0.1) is 42.5 Å². The summed E-state index contributed by atoms with van der Waals surface area (Å²) in [4.78, 5) is 1.76. The first-order chi connectivity index (χ1) is 15.7. The van der Waals surface area contributed by atoms with Gasteiger partial charge in [0.2, 0.25) is 22.9 Å². The van der Waals surface area contributed by atoms with Crippen LogP contribution in [0.4, 0.5) is 17.6 Å². The fourth-order valence-corrected chi connectivity index (χ4v) is 4.83. The molecule has 0 bridgehead atoms. The lowest BCUT2D eigenvalue weighted by molar-refractivity contribution is -0.118. The second kappa shape index (κ2) is 12.1. The number of nitrogens with zero attached hydrogens (tertiary/aromatic N) is 2. The number of halogens is 4. The highest BCUT2D eigenvalue weighted by Gasteiger charge is 2.42. The molecule has 2 fully saturated rings. The van der Waals surface area contributed by atoms with Crippen LogP contribution in [0.2, 0.25) is 0 Å². The number of likely N-dealkylation sites (tertiary alicyclic amines) is 1. The Bertz CT molecular complexity index is 877. The summed E-state index contributed by atoms with van der Waals surface area (Å²) >= 11 is 0. The molecule has 2 heterocycles. The molecule has 6 atom stereocenters. The van der Waals surface area contributed by atoms with Crippen molar-refractivity contribution < 1.29 is 46.4 Å². The predicted octanol–water partition coefficient (Wildman–Crippen LogP) is 0.278. The van der Waals surface area contributed by atoms with Crippen molar-refractivity contribution in [2.24, 2.45) is 11.8 Å². The summed E-state index contributed by atoms with van der Waals surface area (Å²) in [5, 5.41) is 37.7. The number of piperidine rings is 2. The summed E-state index contributed by atoms with van der Waals surface area (Å²) in [6, 6.07) is 7.83. The van der Waals surface area contributed by atoms with Crippen molar-refractivity contribution in [2.45, 2.75) is 50.7 Å². The molecule has 2 aliphatic heterocycles. The third-order valence-corrected chi connectivity index (χ3v) is 7.26. The molecule has 1 aromatic rings. The molecule has 0 unspecified atom stereocenters. The molecule has 8 nitrogen and oxygen atoms in total. The van der Waals surface area contributed by atoms with E-state index in [1.807, 2.05) is 31.2 Å². The average Bonchev–Trinajstić information content (AvgIpc) is 2.73. The molecule has 2 aliphatic rings. The second-order valence-electron chi connectivity index (χ2n) is 8.87. The van der Waals surface area contributed by atoms with Crippen LogP contribution in [0.5, 0.6) is 0 Å². The van der Waals surface area contributed by atoms with E-state index in [1.54, 1.807) is 4.90 Å². The second-order valence-corrected chi connectivity index (χ2v) is 10.9. The number of benzene rings is 1. The molecule has 0 amide bonds. The molecule has 0 spiro atoms. The van der Waals surface area contributed by atoms with Gasteiger partial charge in [0.15, 0.2) is 0 Å². The largest absolute Gasteiger partial charge is 0.390 e. The Morgan fingerprint density at radius 1 is 0.853 bits per heavy atom. The Labute approximate surface area is 196 Å². The summed E-state index contributed by atoms with van der Waals surface area (Å²) in [6.45, 7) is 2.00. The van der Waals surface area contributed by atoms with E-state index in [4.69, 9.17) is 0 Å². The van der Waals surface area contributed by atoms with Crippen LogP contribution in [-0.4, -0.2) is 108 Å². The van der Waals surface area contributed by atoms with E-state index in [0.29, 0.717) is 6.54 Å². The van der Waals surface area contributed by atoms with Crippen LogP contribution in [0.1, 0.15) is 11.1 Å². The molecule has 0 aromatic heterocycles. The Kier molecular flexibility index (Phi) is 10.2. The van der Waals surface area contributed by atoms with Crippen LogP contribution in [0.3, 0.4) is 0 Å². The van der Waals surface area contributed by atoms with Crippen molar-refractivity contribution in [3.8, 4) is 0 Å². The fraction of sp³-hybridized carbons (Fsp3) is 0.714. The number of aliphatic hydroxyl groups excluding tert-OH is 4. The highest BCUT2D eigenvalue weighted by molar-refractivity contribution is 7.88. The zero-order valence-electron chi connectivity index (χ0n) is 18.9. The number of rotatable bonds is 5. The first-order valence-electron chi connectivity index (χ1n) is 10.7. The van der Waals surface area contributed by atoms with Crippen molar-refractivity contribution >= 4 is 10.0 Å². The maximum Gasteiger partial charge on any atom is 0.245 e. The first-order valence-corrected chi connectivity index (χ1v) is 12.6. The topological polar surface area (TPSA) is 122 Å². The van der Waals surface area contributed by atoms with Crippen molar-refractivity contribution in [1.29, 1.82) is 0 Å². The summed E-state index contributed by atoms with van der Waals surface area (Å²) in [5.41, 5.74) is 2.16. The van der Waals surface area contributed by atoms with Gasteiger partial charge in [-0.15, -0.1) is 0 Å². The van der Waals surface area contributed by atoms with E-state index in [1.165, 1.54) is 0 Å². The van der Waals surface area contributed by atoms with Gasteiger partial charge < -0.3 is 20.4 Å². The van der Waals surface area contributed by atoms with Crippen molar-refractivity contribution in [3.05, 3.63) is 35.4 Å². The molecule has 0 aliphatic carbocycles. The van der Waals surface area contributed by atoms with Gasteiger partial charge in [-0.1, -0.05) is 29.8 Å². The minimum atomic E-state index is -3.62. The number of β-amino-alcohol motifs (C(OH)–C–C–N with tert-alkyl or cyclic N) is 2. The number of alkyl halides is 4. The van der Waals surface area contributed by atoms with E-state index in [9.17, 15) is 46.4 Å². The normalized spacial score (nSPS) is 31.4. The molecular formula is C21H32F4N2O6S. The zero-order chi connectivity index (χ0) is 25.8. The minimum Gasteiger partial charge on any atom is -0.390 e. The molecule has 2 saturated heterocycles. The lowest BCUT2D eigenvalue weighted by Gasteiger charge is -2.38. The molecule has 0 saturated carbocycles. The van der Waals surface area contributed by atoms with Crippen LogP contribution >= 0.6 is 0 Å². The van der Waals surface area contributed by atoms with Crippen LogP contribution in [0, 0.1) is 18.8 Å². The number of aryl methyl sites for hydroxylation is 1. The summed E-state index contributed by atoms with van der Waals surface area (Å²) in [7, 11) is -3.62. The number of hydrogen-bond donors (Lipinski definition) is 4. The van der Waals surface area contributed by atoms with Crippen molar-refractivity contribution in [1.82, 2.24) is 9.21 Å². The molecule has 196 valence electrons. The summed E-state index contributed by atoms with van der Waals surface area (Å²) in [6.07, 6.45) is -10.1. The van der Waals surface area contributed by atoms with E-state index in [0.717, 1.165) is 21.7 Å². The minimum absolute atomic E-state index is 0.101. The van der Waals surface area contributed by atoms with E-state index >= 15 is 0 Å². The van der Waals surface area contributed by atoms with Gasteiger partial charge in [0.1, 0.15) is 0 Å². The molecule has 34 heavy (non-hydrogen) atoms. The van der Waals surface area contributed by atoms with Crippen LogP contribution in [0.15, 0.2) is 24.3 Å². The number of hydrogen-bond acceptors (Lipinski definition) is 7. The first kappa shape index (κ1) is 28.9. The van der Waals surface area contributed by atoms with Gasteiger partial charge in [-0.3, -0.25) is 4.90 Å². The molecule has 13 heteroatoms. The molecule has 4 N–H and O–H groups in total. The SMILES string of the molecule is CS(=O)(=O)N1C[C@@H](O)[C@H](O)[C@@H](C(F)F)C1.Cc1ccc(CN2C[C@@H](O)[C@H](O)[C@@H](C(F)F)C2)cc1. The molecular weight excluding hydrogens is 484 g/mol. The smallest absolute Gasteiger partial charge is 0.245 e. The van der Waals surface area contributed by atoms with E-state index in [2.05, 4.69) is 0 Å². The lowest BCUT2D eigenvalue weighted by Crippen LogP contribution is -2.55. The van der Waals surface area contributed by atoms with Gasteiger partial charge in [-0.05, 0) is 12.5 Å². The van der Waals surface area contributed by atoms with Crippen LogP contribution in [-0.2, 0) is 16.6 Å². The Morgan fingerprint density at radius 3 is 1.79 bits per heavy atom. The third-order valence-electron chi connectivity index (χ3n) is 6.03. The quantitative estimate of drug-likeness (QED) is 0.415. The Morgan fingerprint density at radius 2 is 1.32 bits per heavy atom. The predicted molar refractivity (Wildman–Crippen MR) is 116 cm³/mol. The Hall–Kier alpha value is -1.35. The van der Waals surface area contributed by atoms with Crippen molar-refractivity contribution in [2.75, 3.05) is 32.4 Å². The van der Waals surface area contributed by atoms with Gasteiger partial charge in [0.25, 0.3) is 0 Å². The zero-order valence-corrected chi connectivity index (χ0v) is 19.7. The monoisotopic (exact) mass is 516 g/mol. The van der Waals surface area contributed by atoms with Gasteiger partial charge >= 0.3 is 0 Å². The Balaban J connectivity index is 0.000000248. The van der Waals surface area contributed by atoms with E-state index in [-0.39, 0.29) is 19.6 Å². The molecule has 0 radical (unpaired) electrons. The highest BCUT2D eigenvalue weighted by Crippen LogP contribution is 2.26. The standard InChI is InChI=1S/C14H19F2NO2.C7H13F2NO4S/c1-9-2-4-10(5-3-9)6-17-7-11(14(15)16)13(19)12(18)8-17;1-15(13,14)10-2-4(7(8)9)6(12)5(11)3-10/h2-5,11-14,18-19H,6-8H2,1H3;4-7,11-12H,2-3H2,1H3/t11-,12+,13+;4-,5+,6+/m00/s1. The van der Waals surface area contributed by atoms with Gasteiger partial charge in [-0.25, -0.2) is 26.0 Å². The lowest BCUT2D eigenvalue weighted by atomic mass is 9.92. The van der Waals surface area contributed by atoms with Crippen molar-refractivity contribution in [3.63, 3.8) is 0 Å². The van der Waals surface area contributed by atoms with E-state index < -0.39 is 65.7 Å². The number of aliphatic hydroxyl groups is 4. The van der Waals surface area contributed by atoms with Gasteiger partial charge in [-0.2, -0.15) is 4.31 Å². The van der Waals surface area contributed by atoms with Crippen LogP contribution < -0.4 is 0 Å². The molecule has 3 rings (SSSR count). The summed E-state index contributed by atoms with van der Waals surface area (Å²) in [5.74, 6) is -2.72. The maximum absolute atomic E-state index is 12.8.